The highest BCUT2D eigenvalue weighted by molar-refractivity contribution is 5.80. The molecule has 0 aromatic carbocycles. The molecule has 6 aliphatic rings. The van der Waals surface area contributed by atoms with Crippen molar-refractivity contribution < 1.29 is 134 Å². The number of carbonyl (C=O) groups is 2. The second kappa shape index (κ2) is 39.3. The zero-order valence-electron chi connectivity index (χ0n) is 55.0. The zero-order valence-corrected chi connectivity index (χ0v) is 55.0. The van der Waals surface area contributed by atoms with Gasteiger partial charge >= 0.3 is 5.97 Å². The number of allylic oxidation sites excluding steroid dienone is 12. The van der Waals surface area contributed by atoms with Crippen LogP contribution in [0.3, 0.4) is 0 Å². The second-order valence-corrected chi connectivity index (χ2v) is 26.1. The molecule has 6 heterocycles. The molecule has 30 nitrogen and oxygen atoms in total. The first-order valence-corrected chi connectivity index (χ1v) is 33.3. The third kappa shape index (κ3) is 24.1. The molecule has 30 heteroatoms. The molecule has 4 unspecified atom stereocenters. The molecule has 28 atom stereocenters. The van der Waals surface area contributed by atoms with E-state index in [1.807, 2.05) is 6.92 Å². The number of ether oxygens (including phenoxy) is 8. The number of aliphatic hydroxyl groups excluding tert-OH is 15. The van der Waals surface area contributed by atoms with Crippen LogP contribution in [0.1, 0.15) is 85.5 Å². The monoisotopic (exact) mass is 1370 g/mol. The average molecular weight is 1370 g/mol. The van der Waals surface area contributed by atoms with Gasteiger partial charge in [0.05, 0.1) is 118 Å². The number of fused-ring (bicyclic) bond motifs is 2. The summed E-state index contributed by atoms with van der Waals surface area (Å²) in [6.07, 6.45) is -13.1. The van der Waals surface area contributed by atoms with E-state index in [9.17, 15) is 96.4 Å². The quantitative estimate of drug-likeness (QED) is 0.0613. The summed E-state index contributed by atoms with van der Waals surface area (Å²) in [5.74, 6) is -8.76. The van der Waals surface area contributed by atoms with Crippen molar-refractivity contribution in [2.75, 3.05) is 59.2 Å². The number of carbonyl (C=O) groups excluding carboxylic acids is 2. The van der Waals surface area contributed by atoms with Gasteiger partial charge in [-0.25, -0.2) is 0 Å². The van der Waals surface area contributed by atoms with E-state index in [4.69, 9.17) is 37.9 Å². The molecule has 0 radical (unpaired) electrons. The second-order valence-electron chi connectivity index (χ2n) is 26.1. The molecule has 0 aromatic rings. The molecule has 2 bridgehead atoms. The summed E-state index contributed by atoms with van der Waals surface area (Å²) in [5.41, 5.74) is 0. The Balaban J connectivity index is 1.26. The van der Waals surface area contributed by atoms with Crippen LogP contribution in [-0.4, -0.2) is 315 Å². The van der Waals surface area contributed by atoms with Gasteiger partial charge in [0.2, 0.25) is 11.7 Å². The van der Waals surface area contributed by atoms with E-state index >= 15 is 0 Å². The number of cyclic esters (lactones) is 1. The number of aliphatic hydroxyl groups is 17. The lowest BCUT2D eigenvalue weighted by atomic mass is 9.82. The number of nitrogens with zero attached hydrogens (tertiary/aromatic N) is 1. The van der Waals surface area contributed by atoms with Gasteiger partial charge in [-0.2, -0.15) is 0 Å². The van der Waals surface area contributed by atoms with Crippen LogP contribution in [0.2, 0.25) is 0 Å². The Kier molecular flexibility index (Phi) is 33.2. The highest BCUT2D eigenvalue weighted by Gasteiger charge is 2.55. The lowest BCUT2D eigenvalue weighted by Gasteiger charge is -2.48. The summed E-state index contributed by atoms with van der Waals surface area (Å²) in [6.45, 7) is 7.61. The number of hydrogen-bond acceptors (Lipinski definition) is 29. The van der Waals surface area contributed by atoms with Gasteiger partial charge in [-0.15, -0.1) is 0 Å². The molecule has 6 aliphatic heterocycles. The smallest absolute Gasteiger partial charge is 0.308 e. The molecule has 5 saturated heterocycles. The van der Waals surface area contributed by atoms with Crippen LogP contribution in [0.25, 0.3) is 0 Å². The number of esters is 1. The minimum Gasteiger partial charge on any atom is -0.462 e. The maximum atomic E-state index is 14.4. The van der Waals surface area contributed by atoms with Gasteiger partial charge in [0.1, 0.15) is 54.9 Å². The van der Waals surface area contributed by atoms with E-state index in [0.717, 1.165) is 0 Å². The topological polar surface area (TPSA) is 479 Å². The fourth-order valence-electron chi connectivity index (χ4n) is 12.5. The fraction of sp³-hybridized carbons (Fsp3) is 0.758. The van der Waals surface area contributed by atoms with Crippen LogP contribution >= 0.6 is 0 Å². The van der Waals surface area contributed by atoms with Crippen LogP contribution in [-0.2, 0) is 47.5 Å². The van der Waals surface area contributed by atoms with Gasteiger partial charge in [-0.3, -0.25) is 14.5 Å². The molecule has 0 spiro atoms. The normalized spacial score (nSPS) is 43.2. The Labute approximate surface area is 559 Å². The lowest BCUT2D eigenvalue weighted by molar-refractivity contribution is -0.368. The van der Waals surface area contributed by atoms with Gasteiger partial charge in [-0.05, 0) is 46.1 Å². The van der Waals surface area contributed by atoms with E-state index in [2.05, 4.69) is 15.5 Å². The van der Waals surface area contributed by atoms with Crippen molar-refractivity contribution in [3.63, 3.8) is 0 Å². The molecule has 0 saturated carbocycles. The van der Waals surface area contributed by atoms with Crippen molar-refractivity contribution in [2.45, 2.75) is 238 Å². The number of nitrogens with one attached hydrogen (secondary N) is 2. The van der Waals surface area contributed by atoms with Crippen molar-refractivity contribution in [1.82, 2.24) is 15.5 Å². The standard InChI is InChI=1S/C66H107N3O27/c1-37-18-15-13-11-9-7-5-6-8-10-12-14-16-19-44(93-63-57(82)53(55(80)40(4)92-63)68-36-66(88)61(85)60(48(77)35-90-66)95-64-59(84)58(83)56(81)50(34-70)94-64)31-49-52(62(86)67-22-17-23-69-24-26-89-27-25-69)47(76)33-65(87,96-49)32-43(73)29-46(75)45(74)21-20-41(71)28-42(72)30-51(78)91-39(3)38(2)54(37)79/h5-16,18-19,37-50,52-61,63-64,68,70-77,79-85,87-88H,17,20-36H2,1-4H3,(H,67,86)/t37-,38?,39-,40+,41+,42+,43-,44-,45+,46+,47-,48+,49?,50+,52?,53-,54+,55+,56+,57-,58-,59+,60+,61-,63-,64?,65+,66+/m0/s1. The predicted molar refractivity (Wildman–Crippen MR) is 340 cm³/mol. The average Bonchev–Trinajstić information content (AvgIpc) is 0.818. The first-order chi connectivity index (χ1) is 45.5. The lowest BCUT2D eigenvalue weighted by Crippen LogP contribution is -2.70. The number of morpholine rings is 1. The maximum absolute atomic E-state index is 14.4. The molecule has 548 valence electrons. The van der Waals surface area contributed by atoms with Gasteiger partial charge in [0.25, 0.3) is 0 Å². The van der Waals surface area contributed by atoms with Crippen LogP contribution in [0.4, 0.5) is 0 Å². The summed E-state index contributed by atoms with van der Waals surface area (Å²) in [7, 11) is 0. The van der Waals surface area contributed by atoms with Crippen LogP contribution in [0.15, 0.2) is 85.1 Å². The molecular formula is C66H107N3O27. The van der Waals surface area contributed by atoms with Crippen molar-refractivity contribution in [3.05, 3.63) is 85.1 Å². The van der Waals surface area contributed by atoms with Crippen LogP contribution in [0, 0.1) is 17.8 Å². The van der Waals surface area contributed by atoms with Gasteiger partial charge in [0.15, 0.2) is 18.4 Å². The van der Waals surface area contributed by atoms with E-state index in [-0.39, 0.29) is 38.1 Å². The number of hydrogen-bond donors (Lipinski definition) is 19. The Hall–Kier alpha value is -3.92. The predicted octanol–water partition coefficient (Wildman–Crippen LogP) is -4.28. The minimum atomic E-state index is -2.68. The summed E-state index contributed by atoms with van der Waals surface area (Å²) >= 11 is 0. The van der Waals surface area contributed by atoms with E-state index in [1.165, 1.54) is 13.0 Å². The van der Waals surface area contributed by atoms with Crippen LogP contribution < -0.4 is 10.6 Å². The highest BCUT2D eigenvalue weighted by atomic mass is 16.7. The van der Waals surface area contributed by atoms with E-state index < -0.39 is 221 Å². The summed E-state index contributed by atoms with van der Waals surface area (Å²) < 4.78 is 46.4. The Morgan fingerprint density at radius 1 is 0.635 bits per heavy atom. The van der Waals surface area contributed by atoms with Crippen molar-refractivity contribution in [1.29, 1.82) is 0 Å². The third-order valence-corrected chi connectivity index (χ3v) is 18.4. The highest BCUT2D eigenvalue weighted by Crippen LogP contribution is 2.39. The maximum Gasteiger partial charge on any atom is 0.308 e. The van der Waals surface area contributed by atoms with Gasteiger partial charge in [-0.1, -0.05) is 98.9 Å². The molecule has 0 aliphatic carbocycles. The fourth-order valence-corrected chi connectivity index (χ4v) is 12.5. The van der Waals surface area contributed by atoms with Crippen molar-refractivity contribution in [2.24, 2.45) is 17.8 Å². The third-order valence-electron chi connectivity index (χ3n) is 18.4. The van der Waals surface area contributed by atoms with E-state index in [0.29, 0.717) is 39.3 Å². The summed E-state index contributed by atoms with van der Waals surface area (Å²) in [4.78, 5) is 29.4. The Bertz CT molecular complexity index is 2540. The number of amides is 1. The molecular weight excluding hydrogens is 1270 g/mol. The molecule has 0 aromatic heterocycles. The number of rotatable bonds is 13. The summed E-state index contributed by atoms with van der Waals surface area (Å²) in [6, 6.07) is -1.47. The SMILES string of the molecule is CC1[C@H](C)OC(=O)C[C@H](O)C[C@H](O)CC[C@@H](O)[C@H](O)C[C@H](O)C[C@]2(O)C[C@H](O)C(C(=O)NCCCN3CCOCC3)C(C[C@@H](O[C@@H]3O[C@H](C)[C@@H](O)[C@H](NC[C@@]4(O)OC[C@@H](O)[C@@H](OC5O[C@H](CO)[C@@H](O)[C@H](O)[C@H]5O)[C@@H]4O)[C@@H]3O)C=CC=CC=CC=CC=CC=CC=C[C@H](C)[C@H]1O)O2. The first-order valence-electron chi connectivity index (χ1n) is 33.3. The molecule has 19 N–H and O–H groups in total. The van der Waals surface area contributed by atoms with Crippen LogP contribution in [0.5, 0.6) is 0 Å². The Morgan fingerprint density at radius 2 is 1.26 bits per heavy atom. The molecule has 1 amide bonds. The first kappa shape index (κ1) is 81.0. The zero-order chi connectivity index (χ0) is 70.4. The summed E-state index contributed by atoms with van der Waals surface area (Å²) in [5, 5.41) is 194. The van der Waals surface area contributed by atoms with Crippen molar-refractivity contribution >= 4 is 11.9 Å². The molecule has 6 rings (SSSR count). The van der Waals surface area contributed by atoms with Crippen molar-refractivity contribution in [3.8, 4) is 0 Å². The minimum absolute atomic E-state index is 0.154. The van der Waals surface area contributed by atoms with Gasteiger partial charge < -0.3 is 135 Å². The molecule has 96 heavy (non-hydrogen) atoms. The molecule has 5 fully saturated rings. The largest absolute Gasteiger partial charge is 0.462 e. The van der Waals surface area contributed by atoms with E-state index in [1.54, 1.807) is 92.8 Å². The Morgan fingerprint density at radius 3 is 1.91 bits per heavy atom. The van der Waals surface area contributed by atoms with Gasteiger partial charge in [0, 0.05) is 57.2 Å².